The monoisotopic (exact) mass is 433 g/mol. The molecule has 0 spiro atoms. The topological polar surface area (TPSA) is 98.5 Å². The molecule has 3 aromatic rings. The lowest BCUT2D eigenvalue weighted by Gasteiger charge is -2.23. The molecule has 2 atom stereocenters. The molecule has 4 rings (SSSR count). The van der Waals surface area contributed by atoms with Gasteiger partial charge in [-0.1, -0.05) is 35.9 Å². The Bertz CT molecular complexity index is 1040. The first-order chi connectivity index (χ1) is 14.3. The average Bonchev–Trinajstić information content (AvgIpc) is 3.29. The van der Waals surface area contributed by atoms with Crippen molar-refractivity contribution >= 4 is 23.3 Å². The van der Waals surface area contributed by atoms with Gasteiger partial charge in [0.15, 0.2) is 5.82 Å². The van der Waals surface area contributed by atoms with Gasteiger partial charge in [0.1, 0.15) is 5.15 Å². The van der Waals surface area contributed by atoms with Crippen LogP contribution in [0.4, 0.5) is 14.6 Å². The van der Waals surface area contributed by atoms with Crippen molar-refractivity contribution < 1.29 is 13.6 Å². The average molecular weight is 434 g/mol. The lowest BCUT2D eigenvalue weighted by atomic mass is 9.83. The van der Waals surface area contributed by atoms with Gasteiger partial charge in [-0.15, -0.1) is 10.2 Å². The van der Waals surface area contributed by atoms with E-state index in [0.29, 0.717) is 17.0 Å². The molecule has 0 saturated heterocycles. The van der Waals surface area contributed by atoms with Crippen LogP contribution in [0.1, 0.15) is 30.7 Å². The summed E-state index contributed by atoms with van der Waals surface area (Å²) in [6.45, 7) is 0. The van der Waals surface area contributed by atoms with Gasteiger partial charge in [0.2, 0.25) is 17.7 Å². The van der Waals surface area contributed by atoms with Crippen molar-refractivity contribution in [2.24, 2.45) is 13.0 Å². The maximum atomic E-state index is 13.9. The van der Waals surface area contributed by atoms with Gasteiger partial charge in [-0.25, -0.2) is 18.7 Å². The van der Waals surface area contributed by atoms with E-state index in [2.05, 4.69) is 30.7 Å². The molecule has 156 valence electrons. The Morgan fingerprint density at radius 1 is 1.27 bits per heavy atom. The molecular formula is C19H18ClF2N7O. The molecule has 1 aliphatic carbocycles. The van der Waals surface area contributed by atoms with Gasteiger partial charge in [-0.3, -0.25) is 4.79 Å². The molecule has 0 unspecified atom stereocenters. The molecule has 0 radical (unpaired) electrons. The molecule has 1 saturated carbocycles. The van der Waals surface area contributed by atoms with E-state index in [0.717, 1.165) is 0 Å². The fraction of sp³-hybridized carbons (Fsp3) is 0.368. The van der Waals surface area contributed by atoms with E-state index in [1.165, 1.54) is 17.2 Å². The summed E-state index contributed by atoms with van der Waals surface area (Å²) in [4.78, 5) is 22.3. The molecule has 1 aliphatic rings. The molecule has 1 fully saturated rings. The van der Waals surface area contributed by atoms with E-state index in [-0.39, 0.29) is 30.2 Å². The Morgan fingerprint density at radius 3 is 2.60 bits per heavy atom. The number of amides is 1. The molecular weight excluding hydrogens is 416 g/mol. The quantitative estimate of drug-likeness (QED) is 0.661. The van der Waals surface area contributed by atoms with Crippen molar-refractivity contribution in [3.8, 4) is 11.4 Å². The normalized spacial score (nSPS) is 18.9. The summed E-state index contributed by atoms with van der Waals surface area (Å²) in [6, 6.07) is 6.98. The van der Waals surface area contributed by atoms with Crippen LogP contribution in [0, 0.1) is 5.92 Å². The molecule has 30 heavy (non-hydrogen) atoms. The molecule has 8 nitrogen and oxygen atoms in total. The zero-order valence-electron chi connectivity index (χ0n) is 16.0. The molecule has 1 N–H and O–H groups in total. The largest absolute Gasteiger partial charge is 0.309 e. The van der Waals surface area contributed by atoms with E-state index >= 15 is 0 Å². The number of carbonyl (C=O) groups is 1. The standard InChI is InChI=1S/C19H18ClF2N7O/c1-29-27-17(26-28-29)12-4-2-11(3-5-12)16(13-6-7-19(21,22)8-13)18(30)25-15-10-23-14(20)9-24-15/h2-5,9-10,13,16H,6-8H2,1H3,(H,24,25,30)/t13-,16-/m0/s1. The first-order valence-electron chi connectivity index (χ1n) is 9.31. The summed E-state index contributed by atoms with van der Waals surface area (Å²) in [6.07, 6.45) is 2.31. The number of aryl methyl sites for hydroxylation is 1. The summed E-state index contributed by atoms with van der Waals surface area (Å²) < 4.78 is 27.8. The minimum Gasteiger partial charge on any atom is -0.309 e. The predicted octanol–water partition coefficient (Wildman–Crippen LogP) is 3.48. The zero-order valence-corrected chi connectivity index (χ0v) is 16.7. The van der Waals surface area contributed by atoms with E-state index in [1.54, 1.807) is 31.3 Å². The fourth-order valence-corrected chi connectivity index (χ4v) is 3.82. The molecule has 2 heterocycles. The number of halogens is 3. The van der Waals surface area contributed by atoms with Gasteiger partial charge in [0, 0.05) is 18.4 Å². The zero-order chi connectivity index (χ0) is 21.3. The van der Waals surface area contributed by atoms with E-state index < -0.39 is 23.7 Å². The number of hydrogen-bond donors (Lipinski definition) is 1. The van der Waals surface area contributed by atoms with Crippen LogP contribution in [-0.2, 0) is 11.8 Å². The van der Waals surface area contributed by atoms with Crippen molar-refractivity contribution in [3.63, 3.8) is 0 Å². The van der Waals surface area contributed by atoms with Crippen molar-refractivity contribution in [1.29, 1.82) is 0 Å². The lowest BCUT2D eigenvalue weighted by Crippen LogP contribution is -2.28. The summed E-state index contributed by atoms with van der Waals surface area (Å²) in [5.41, 5.74) is 1.34. The van der Waals surface area contributed by atoms with Crippen LogP contribution in [0.5, 0.6) is 0 Å². The highest BCUT2D eigenvalue weighted by Gasteiger charge is 2.45. The van der Waals surface area contributed by atoms with Gasteiger partial charge < -0.3 is 5.32 Å². The third kappa shape index (κ3) is 4.43. The van der Waals surface area contributed by atoms with E-state index in [4.69, 9.17) is 11.6 Å². The highest BCUT2D eigenvalue weighted by Crippen LogP contribution is 2.45. The highest BCUT2D eigenvalue weighted by molar-refractivity contribution is 6.29. The second kappa shape index (κ2) is 8.02. The Kier molecular flexibility index (Phi) is 5.42. The second-order valence-corrected chi connectivity index (χ2v) is 7.66. The Morgan fingerprint density at radius 2 is 2.03 bits per heavy atom. The highest BCUT2D eigenvalue weighted by atomic mass is 35.5. The predicted molar refractivity (Wildman–Crippen MR) is 105 cm³/mol. The number of tetrazole rings is 1. The summed E-state index contributed by atoms with van der Waals surface area (Å²) in [5, 5.41) is 14.7. The molecule has 1 aromatic carbocycles. The van der Waals surface area contributed by atoms with E-state index in [1.807, 2.05) is 0 Å². The second-order valence-electron chi connectivity index (χ2n) is 7.27. The van der Waals surface area contributed by atoms with Crippen molar-refractivity contribution in [2.45, 2.75) is 31.1 Å². The van der Waals surface area contributed by atoms with Gasteiger partial charge in [-0.05, 0) is 23.1 Å². The van der Waals surface area contributed by atoms with Gasteiger partial charge in [0.25, 0.3) is 0 Å². The number of carbonyl (C=O) groups excluding carboxylic acids is 1. The number of rotatable bonds is 5. The van der Waals surface area contributed by atoms with Crippen LogP contribution in [-0.4, -0.2) is 42.0 Å². The Balaban J connectivity index is 1.61. The van der Waals surface area contributed by atoms with Crippen LogP contribution in [0.15, 0.2) is 36.7 Å². The third-order valence-electron chi connectivity index (χ3n) is 5.10. The van der Waals surface area contributed by atoms with Gasteiger partial charge in [0.05, 0.1) is 25.4 Å². The Labute approximate surface area is 175 Å². The van der Waals surface area contributed by atoms with E-state index in [9.17, 15) is 13.6 Å². The van der Waals surface area contributed by atoms with Crippen molar-refractivity contribution in [2.75, 3.05) is 5.32 Å². The summed E-state index contributed by atoms with van der Waals surface area (Å²) in [5.74, 6) is -3.80. The first kappa shape index (κ1) is 20.3. The van der Waals surface area contributed by atoms with Crippen LogP contribution in [0.2, 0.25) is 5.15 Å². The smallest absolute Gasteiger partial charge is 0.248 e. The minimum absolute atomic E-state index is 0.188. The molecule has 1 amide bonds. The summed E-state index contributed by atoms with van der Waals surface area (Å²) >= 11 is 5.72. The number of nitrogens with one attached hydrogen (secondary N) is 1. The van der Waals surface area contributed by atoms with Crippen LogP contribution < -0.4 is 5.32 Å². The SMILES string of the molecule is Cn1nnc(-c2ccc([C@H](C(=O)Nc3cnc(Cl)cn3)[C@H]3CCC(F)(F)C3)cc2)n1. The molecule has 11 heteroatoms. The van der Waals surface area contributed by atoms with Crippen LogP contribution in [0.3, 0.4) is 0 Å². The number of benzene rings is 1. The summed E-state index contributed by atoms with van der Waals surface area (Å²) in [7, 11) is 1.66. The number of aromatic nitrogens is 6. The molecule has 0 aliphatic heterocycles. The van der Waals surface area contributed by atoms with Gasteiger partial charge in [-0.2, -0.15) is 4.80 Å². The van der Waals surface area contributed by atoms with Gasteiger partial charge >= 0.3 is 0 Å². The maximum Gasteiger partial charge on any atom is 0.248 e. The Hall–Kier alpha value is -3.01. The number of hydrogen-bond acceptors (Lipinski definition) is 6. The maximum absolute atomic E-state index is 13.9. The fourth-order valence-electron chi connectivity index (χ4n) is 3.73. The third-order valence-corrected chi connectivity index (χ3v) is 5.30. The minimum atomic E-state index is -2.77. The number of anilines is 1. The van der Waals surface area contributed by atoms with Crippen LogP contribution >= 0.6 is 11.6 Å². The lowest BCUT2D eigenvalue weighted by molar-refractivity contribution is -0.118. The van der Waals surface area contributed by atoms with Crippen LogP contribution in [0.25, 0.3) is 11.4 Å². The van der Waals surface area contributed by atoms with Crippen molar-refractivity contribution in [3.05, 3.63) is 47.4 Å². The number of nitrogens with zero attached hydrogens (tertiary/aromatic N) is 6. The number of alkyl halides is 2. The molecule has 0 bridgehead atoms. The molecule has 2 aromatic heterocycles. The first-order valence-corrected chi connectivity index (χ1v) is 9.69. The van der Waals surface area contributed by atoms with Crippen molar-refractivity contribution in [1.82, 2.24) is 30.2 Å².